The second kappa shape index (κ2) is 10.6. The first-order valence-electron chi connectivity index (χ1n) is 10.2. The second-order valence-electron chi connectivity index (χ2n) is 8.20. The predicted octanol–water partition coefficient (Wildman–Crippen LogP) is 6.21. The molecule has 6 nitrogen and oxygen atoms in total. The van der Waals surface area contributed by atoms with Crippen molar-refractivity contribution in [1.29, 1.82) is 0 Å². The Bertz CT molecular complexity index is 1060. The fraction of sp³-hybridized carbons (Fsp3) is 0.348. The molecule has 1 heterocycles. The Labute approximate surface area is 202 Å². The molecule has 170 valence electrons. The highest BCUT2D eigenvalue weighted by Gasteiger charge is 2.15. The molecule has 0 atom stereocenters. The number of halogens is 2. The molecule has 0 aliphatic carbocycles. The van der Waals surface area contributed by atoms with E-state index in [9.17, 15) is 4.79 Å². The van der Waals surface area contributed by atoms with Crippen molar-refractivity contribution in [2.75, 3.05) is 11.1 Å². The quantitative estimate of drug-likeness (QED) is 0.378. The highest BCUT2D eigenvalue weighted by atomic mass is 35.5. The molecule has 3 rings (SSSR count). The van der Waals surface area contributed by atoms with Crippen molar-refractivity contribution in [2.24, 2.45) is 0 Å². The lowest BCUT2D eigenvalue weighted by molar-refractivity contribution is -0.113. The highest BCUT2D eigenvalue weighted by Crippen LogP contribution is 2.26. The first-order valence-corrected chi connectivity index (χ1v) is 11.9. The van der Waals surface area contributed by atoms with Gasteiger partial charge in [0.25, 0.3) is 0 Å². The van der Waals surface area contributed by atoms with Gasteiger partial charge in [-0.2, -0.15) is 0 Å². The molecule has 1 N–H and O–H groups in total. The molecule has 0 radical (unpaired) electrons. The van der Waals surface area contributed by atoms with Crippen LogP contribution >= 0.6 is 35.0 Å². The Morgan fingerprint density at radius 3 is 2.34 bits per heavy atom. The van der Waals surface area contributed by atoms with Crippen molar-refractivity contribution < 1.29 is 9.53 Å². The zero-order valence-corrected chi connectivity index (χ0v) is 20.8. The Morgan fingerprint density at radius 2 is 1.75 bits per heavy atom. The van der Waals surface area contributed by atoms with Crippen LogP contribution in [0.3, 0.4) is 0 Å². The minimum Gasteiger partial charge on any atom is -0.486 e. The van der Waals surface area contributed by atoms with Crippen LogP contribution in [0.2, 0.25) is 10.0 Å². The van der Waals surface area contributed by atoms with Crippen LogP contribution in [-0.2, 0) is 23.4 Å². The number of nitrogens with one attached hydrogen (secondary N) is 1. The molecule has 0 fully saturated rings. The predicted molar refractivity (Wildman–Crippen MR) is 131 cm³/mol. The van der Waals surface area contributed by atoms with Crippen molar-refractivity contribution in [3.05, 3.63) is 63.9 Å². The summed E-state index contributed by atoms with van der Waals surface area (Å²) in [7, 11) is 0. The summed E-state index contributed by atoms with van der Waals surface area (Å²) >= 11 is 13.3. The van der Waals surface area contributed by atoms with Crippen molar-refractivity contribution in [2.45, 2.75) is 51.4 Å². The summed E-state index contributed by atoms with van der Waals surface area (Å²) in [5.41, 5.74) is 1.90. The molecule has 1 amide bonds. The third kappa shape index (κ3) is 6.64. The molecule has 0 saturated heterocycles. The molecule has 0 saturated carbocycles. The molecule has 0 bridgehead atoms. The first-order chi connectivity index (χ1) is 15.2. The number of benzene rings is 2. The van der Waals surface area contributed by atoms with Crippen LogP contribution in [0.4, 0.5) is 5.69 Å². The maximum absolute atomic E-state index is 12.3. The van der Waals surface area contributed by atoms with Crippen LogP contribution in [-0.4, -0.2) is 26.4 Å². The number of nitrogens with zero attached hydrogens (tertiary/aromatic N) is 3. The van der Waals surface area contributed by atoms with Crippen LogP contribution in [0.1, 0.15) is 39.1 Å². The van der Waals surface area contributed by atoms with Crippen molar-refractivity contribution in [3.63, 3.8) is 0 Å². The first kappa shape index (κ1) is 24.4. The van der Waals surface area contributed by atoms with Crippen LogP contribution in [0.15, 0.2) is 47.6 Å². The molecule has 0 aliphatic heterocycles. The number of rotatable bonds is 8. The molecule has 0 spiro atoms. The number of aromatic nitrogens is 3. The second-order valence-corrected chi connectivity index (χ2v) is 10.0. The average molecular weight is 493 g/mol. The zero-order chi connectivity index (χ0) is 23.3. The molecule has 32 heavy (non-hydrogen) atoms. The number of hydrogen-bond donors (Lipinski definition) is 1. The third-order valence-corrected chi connectivity index (χ3v) is 6.08. The summed E-state index contributed by atoms with van der Waals surface area (Å²) < 4.78 is 7.85. The number of thioether (sulfide) groups is 1. The lowest BCUT2D eigenvalue weighted by atomic mass is 9.87. The largest absolute Gasteiger partial charge is 0.486 e. The minimum absolute atomic E-state index is 0.0956. The van der Waals surface area contributed by atoms with E-state index < -0.39 is 0 Å². The fourth-order valence-corrected chi connectivity index (χ4v) is 4.35. The number of hydrogen-bond acceptors (Lipinski definition) is 5. The summed E-state index contributed by atoms with van der Waals surface area (Å²) in [6.07, 6.45) is 0. The molecular formula is C23H26Cl2N4O2S. The summed E-state index contributed by atoms with van der Waals surface area (Å²) in [5, 5.41) is 12.8. The average Bonchev–Trinajstić information content (AvgIpc) is 3.11. The van der Waals surface area contributed by atoms with Crippen molar-refractivity contribution >= 4 is 46.6 Å². The molecule has 9 heteroatoms. The Morgan fingerprint density at radius 1 is 1.09 bits per heavy atom. The van der Waals surface area contributed by atoms with E-state index in [0.717, 1.165) is 5.75 Å². The van der Waals surface area contributed by atoms with E-state index in [4.69, 9.17) is 27.9 Å². The van der Waals surface area contributed by atoms with Crippen LogP contribution in [0, 0.1) is 0 Å². The van der Waals surface area contributed by atoms with Gasteiger partial charge in [-0.15, -0.1) is 10.2 Å². The summed E-state index contributed by atoms with van der Waals surface area (Å²) in [6.45, 7) is 9.50. The topological polar surface area (TPSA) is 69.0 Å². The van der Waals surface area contributed by atoms with Gasteiger partial charge in [-0.3, -0.25) is 4.79 Å². The maximum atomic E-state index is 12.3. The number of anilines is 1. The van der Waals surface area contributed by atoms with Gasteiger partial charge in [-0.1, -0.05) is 67.9 Å². The molecule has 3 aromatic rings. The lowest BCUT2D eigenvalue weighted by Gasteiger charge is -2.19. The van der Waals surface area contributed by atoms with Crippen LogP contribution in [0.5, 0.6) is 5.75 Å². The molecule has 2 aromatic carbocycles. The fourth-order valence-electron chi connectivity index (χ4n) is 3.00. The molecule has 0 unspecified atom stereocenters. The van der Waals surface area contributed by atoms with E-state index in [1.165, 1.54) is 17.3 Å². The summed E-state index contributed by atoms with van der Waals surface area (Å²) in [6, 6.07) is 13.0. The standard InChI is InChI=1S/C23H26Cl2N4O2S/c1-5-29-20(13-31-19-8-6-15(7-9-19)23(2,3)4)27-28-22(29)32-14-21(30)26-18-11-16(24)10-17(25)12-18/h6-12H,5,13-14H2,1-4H3,(H,26,30). The van der Waals surface area contributed by atoms with Gasteiger partial charge < -0.3 is 14.6 Å². The van der Waals surface area contributed by atoms with E-state index >= 15 is 0 Å². The number of carbonyl (C=O) groups is 1. The van der Waals surface area contributed by atoms with Gasteiger partial charge >= 0.3 is 0 Å². The number of carbonyl (C=O) groups excluding carboxylic acids is 1. The maximum Gasteiger partial charge on any atom is 0.234 e. The molecule has 1 aromatic heterocycles. The van der Waals surface area contributed by atoms with Crippen molar-refractivity contribution in [3.8, 4) is 5.75 Å². The normalized spacial score (nSPS) is 11.4. The lowest BCUT2D eigenvalue weighted by Crippen LogP contribution is -2.15. The monoisotopic (exact) mass is 492 g/mol. The van der Waals surface area contributed by atoms with E-state index in [1.54, 1.807) is 18.2 Å². The minimum atomic E-state index is -0.185. The zero-order valence-electron chi connectivity index (χ0n) is 18.5. The highest BCUT2D eigenvalue weighted by molar-refractivity contribution is 7.99. The van der Waals surface area contributed by atoms with E-state index in [0.29, 0.717) is 39.9 Å². The SMILES string of the molecule is CCn1c(COc2ccc(C(C)(C)C)cc2)nnc1SCC(=O)Nc1cc(Cl)cc(Cl)c1. The molecular weight excluding hydrogens is 467 g/mol. The van der Waals surface area contributed by atoms with Gasteiger partial charge in [0.2, 0.25) is 5.91 Å². The van der Waals surface area contributed by atoms with E-state index in [-0.39, 0.29) is 17.1 Å². The van der Waals surface area contributed by atoms with E-state index in [1.807, 2.05) is 23.6 Å². The van der Waals surface area contributed by atoms with Gasteiger partial charge in [-0.05, 0) is 48.2 Å². The summed E-state index contributed by atoms with van der Waals surface area (Å²) in [4.78, 5) is 12.3. The van der Waals surface area contributed by atoms with Gasteiger partial charge in [0.15, 0.2) is 11.0 Å². The van der Waals surface area contributed by atoms with Gasteiger partial charge in [0.05, 0.1) is 5.75 Å². The third-order valence-electron chi connectivity index (χ3n) is 4.68. The van der Waals surface area contributed by atoms with Gasteiger partial charge in [-0.25, -0.2) is 0 Å². The van der Waals surface area contributed by atoms with Gasteiger partial charge in [0.1, 0.15) is 12.4 Å². The van der Waals surface area contributed by atoms with Gasteiger partial charge in [0, 0.05) is 22.3 Å². The molecule has 0 aliphatic rings. The van der Waals surface area contributed by atoms with E-state index in [2.05, 4.69) is 48.4 Å². The van der Waals surface area contributed by atoms with Crippen LogP contribution < -0.4 is 10.1 Å². The smallest absolute Gasteiger partial charge is 0.234 e. The van der Waals surface area contributed by atoms with Crippen molar-refractivity contribution in [1.82, 2.24) is 14.8 Å². The number of ether oxygens (including phenoxy) is 1. The Balaban J connectivity index is 1.57. The Kier molecular flexibility index (Phi) is 8.09. The number of amides is 1. The Hall–Kier alpha value is -2.22. The van der Waals surface area contributed by atoms with Crippen LogP contribution in [0.25, 0.3) is 0 Å². The summed E-state index contributed by atoms with van der Waals surface area (Å²) in [5.74, 6) is 1.47.